The molecule has 3 heterocycles. The summed E-state index contributed by atoms with van der Waals surface area (Å²) in [4.78, 5) is 13.3. The Morgan fingerprint density at radius 2 is 1.81 bits per heavy atom. The van der Waals surface area contributed by atoms with E-state index in [1.807, 2.05) is 43.3 Å². The van der Waals surface area contributed by atoms with Crippen LogP contribution in [0.4, 0.5) is 0 Å². The maximum Gasteiger partial charge on any atom is 0.231 e. The highest BCUT2D eigenvalue weighted by Crippen LogP contribution is 2.40. The Morgan fingerprint density at radius 3 is 2.56 bits per heavy atom. The first kappa shape index (κ1) is 21.0. The second-order valence-corrected chi connectivity index (χ2v) is 10.3. The molecule has 0 unspecified atom stereocenters. The summed E-state index contributed by atoms with van der Waals surface area (Å²) in [5.74, 6) is 2.59. The van der Waals surface area contributed by atoms with Crippen LogP contribution in [-0.2, 0) is 10.0 Å². The highest BCUT2D eigenvalue weighted by molar-refractivity contribution is 7.88. The number of aryl methyl sites for hydroxylation is 1. The molecule has 1 aliphatic carbocycles. The number of fused-ring (bicyclic) bond motifs is 1. The Bertz CT molecular complexity index is 1250. The molecular weight excluding hydrogens is 428 g/mol. The standard InChI is InChI=1S/C23H26N4O4S/c1-14-4-3-5-18(24-14)22-21(16-8-11-19-20(12-16)31-13-30-19)25-23(26-22)15-6-9-17(10-7-15)27-32(2,28)29/h3-5,8,11-12,15,17,27H,6-7,9-10,13H2,1-2H3,(H,25,26). The Kier molecular flexibility index (Phi) is 5.38. The normalized spacial score (nSPS) is 20.4. The van der Waals surface area contributed by atoms with Crippen LogP contribution in [0.1, 0.15) is 43.1 Å². The third-order valence-corrected chi connectivity index (χ3v) is 6.77. The van der Waals surface area contributed by atoms with Crippen LogP contribution in [0.2, 0.25) is 0 Å². The van der Waals surface area contributed by atoms with Crippen LogP contribution >= 0.6 is 0 Å². The van der Waals surface area contributed by atoms with Gasteiger partial charge in [-0.2, -0.15) is 0 Å². The Labute approximate surface area is 187 Å². The number of pyridine rings is 1. The van der Waals surface area contributed by atoms with E-state index in [2.05, 4.69) is 9.71 Å². The molecule has 9 heteroatoms. The van der Waals surface area contributed by atoms with Crippen LogP contribution in [0.3, 0.4) is 0 Å². The Balaban J connectivity index is 1.48. The third kappa shape index (κ3) is 4.35. The van der Waals surface area contributed by atoms with Crippen LogP contribution in [0.25, 0.3) is 22.6 Å². The van der Waals surface area contributed by atoms with Crippen LogP contribution < -0.4 is 14.2 Å². The maximum absolute atomic E-state index is 11.6. The van der Waals surface area contributed by atoms with Crippen LogP contribution in [0, 0.1) is 6.92 Å². The molecule has 0 radical (unpaired) electrons. The number of nitrogens with one attached hydrogen (secondary N) is 2. The molecule has 0 saturated heterocycles. The van der Waals surface area contributed by atoms with Crippen molar-refractivity contribution < 1.29 is 17.9 Å². The SMILES string of the molecule is Cc1cccc(-c2[nH]c(C3CCC(NS(C)(=O)=O)CC3)nc2-c2ccc3c(c2)OCO3)n1. The van der Waals surface area contributed by atoms with Crippen molar-refractivity contribution in [1.29, 1.82) is 0 Å². The number of aromatic amines is 1. The average molecular weight is 455 g/mol. The van der Waals surface area contributed by atoms with Gasteiger partial charge < -0.3 is 14.5 Å². The first-order chi connectivity index (χ1) is 15.4. The number of aromatic nitrogens is 3. The fraction of sp³-hybridized carbons (Fsp3) is 0.391. The monoisotopic (exact) mass is 454 g/mol. The molecule has 0 amide bonds. The minimum Gasteiger partial charge on any atom is -0.454 e. The van der Waals surface area contributed by atoms with Gasteiger partial charge in [0.2, 0.25) is 16.8 Å². The number of hydrogen-bond donors (Lipinski definition) is 2. The zero-order chi connectivity index (χ0) is 22.3. The molecule has 8 nitrogen and oxygen atoms in total. The first-order valence-electron chi connectivity index (χ1n) is 10.8. The third-order valence-electron chi connectivity index (χ3n) is 6.01. The van der Waals surface area contributed by atoms with Crippen molar-refractivity contribution in [3.8, 4) is 34.1 Å². The molecule has 3 aromatic rings. The minimum absolute atomic E-state index is 0.0116. The second-order valence-electron chi connectivity index (χ2n) is 8.52. The van der Waals surface area contributed by atoms with Gasteiger partial charge in [-0.3, -0.25) is 4.98 Å². The molecule has 2 aromatic heterocycles. The molecule has 1 saturated carbocycles. The topological polar surface area (TPSA) is 106 Å². The molecule has 0 bridgehead atoms. The summed E-state index contributed by atoms with van der Waals surface area (Å²) in [5, 5.41) is 0. The number of imidazole rings is 1. The van der Waals surface area contributed by atoms with Gasteiger partial charge in [-0.1, -0.05) is 6.07 Å². The van der Waals surface area contributed by atoms with Gasteiger partial charge >= 0.3 is 0 Å². The molecular formula is C23H26N4O4S. The van der Waals surface area contributed by atoms with E-state index in [1.165, 1.54) is 6.26 Å². The molecule has 2 aliphatic rings. The molecule has 1 aliphatic heterocycles. The van der Waals surface area contributed by atoms with Gasteiger partial charge in [-0.05, 0) is 62.9 Å². The number of benzene rings is 1. The smallest absolute Gasteiger partial charge is 0.231 e. The lowest BCUT2D eigenvalue weighted by molar-refractivity contribution is 0.174. The van der Waals surface area contributed by atoms with Crippen LogP contribution in [0.5, 0.6) is 11.5 Å². The minimum atomic E-state index is -3.19. The van der Waals surface area contributed by atoms with Crippen LogP contribution in [0.15, 0.2) is 36.4 Å². The molecule has 2 N–H and O–H groups in total. The summed E-state index contributed by atoms with van der Waals surface area (Å²) in [6.07, 6.45) is 4.51. The van der Waals surface area contributed by atoms with E-state index in [9.17, 15) is 8.42 Å². The summed E-state index contributed by atoms with van der Waals surface area (Å²) in [7, 11) is -3.19. The van der Waals surface area contributed by atoms with E-state index in [-0.39, 0.29) is 18.8 Å². The number of rotatable bonds is 5. The molecule has 1 aromatic carbocycles. The number of sulfonamides is 1. The lowest BCUT2D eigenvalue weighted by Gasteiger charge is -2.27. The number of H-pyrrole nitrogens is 1. The van der Waals surface area contributed by atoms with E-state index in [0.717, 1.165) is 65.6 Å². The van der Waals surface area contributed by atoms with Gasteiger partial charge in [0.15, 0.2) is 11.5 Å². The van der Waals surface area contributed by atoms with Gasteiger partial charge in [0.25, 0.3) is 0 Å². The molecule has 1 fully saturated rings. The second kappa shape index (κ2) is 8.22. The summed E-state index contributed by atoms with van der Waals surface area (Å²) >= 11 is 0. The van der Waals surface area contributed by atoms with Crippen molar-refractivity contribution in [2.45, 2.75) is 44.6 Å². The Hall–Kier alpha value is -2.91. The van der Waals surface area contributed by atoms with E-state index in [4.69, 9.17) is 19.4 Å². The maximum atomic E-state index is 11.6. The van der Waals surface area contributed by atoms with Gasteiger partial charge in [0, 0.05) is 23.2 Å². The predicted octanol–water partition coefficient (Wildman–Crippen LogP) is 3.75. The fourth-order valence-electron chi connectivity index (χ4n) is 4.49. The van der Waals surface area contributed by atoms with E-state index in [1.54, 1.807) is 0 Å². The Morgan fingerprint density at radius 1 is 1.03 bits per heavy atom. The molecule has 0 atom stereocenters. The molecule has 32 heavy (non-hydrogen) atoms. The quantitative estimate of drug-likeness (QED) is 0.608. The lowest BCUT2D eigenvalue weighted by Crippen LogP contribution is -2.36. The van der Waals surface area contributed by atoms with Gasteiger partial charge in [0.05, 0.1) is 23.3 Å². The zero-order valence-electron chi connectivity index (χ0n) is 18.1. The average Bonchev–Trinajstić information content (AvgIpc) is 3.40. The molecule has 0 spiro atoms. The molecule has 5 rings (SSSR count). The van der Waals surface area contributed by atoms with Crippen molar-refractivity contribution >= 4 is 10.0 Å². The van der Waals surface area contributed by atoms with Gasteiger partial charge in [-0.25, -0.2) is 18.1 Å². The van der Waals surface area contributed by atoms with Crippen molar-refractivity contribution in [2.24, 2.45) is 0 Å². The number of ether oxygens (including phenoxy) is 2. The number of hydrogen-bond acceptors (Lipinski definition) is 6. The summed E-state index contributed by atoms with van der Waals surface area (Å²) < 4.78 is 36.9. The van der Waals surface area contributed by atoms with Crippen molar-refractivity contribution in [1.82, 2.24) is 19.7 Å². The van der Waals surface area contributed by atoms with Crippen LogP contribution in [-0.4, -0.2) is 42.5 Å². The lowest BCUT2D eigenvalue weighted by atomic mass is 9.86. The summed E-state index contributed by atoms with van der Waals surface area (Å²) in [6, 6.07) is 11.8. The van der Waals surface area contributed by atoms with E-state index in [0.29, 0.717) is 5.75 Å². The predicted molar refractivity (Wildman–Crippen MR) is 121 cm³/mol. The highest BCUT2D eigenvalue weighted by Gasteiger charge is 2.28. The van der Waals surface area contributed by atoms with Crippen molar-refractivity contribution in [2.75, 3.05) is 13.0 Å². The van der Waals surface area contributed by atoms with Crippen molar-refractivity contribution in [3.63, 3.8) is 0 Å². The first-order valence-corrected chi connectivity index (χ1v) is 12.7. The van der Waals surface area contributed by atoms with Crippen molar-refractivity contribution in [3.05, 3.63) is 47.9 Å². The zero-order valence-corrected chi connectivity index (χ0v) is 18.9. The van der Waals surface area contributed by atoms with E-state index >= 15 is 0 Å². The molecule has 168 valence electrons. The summed E-state index contributed by atoms with van der Waals surface area (Å²) in [5.41, 5.74) is 4.40. The van der Waals surface area contributed by atoms with Gasteiger partial charge in [0.1, 0.15) is 5.82 Å². The highest BCUT2D eigenvalue weighted by atomic mass is 32.2. The number of nitrogens with zero attached hydrogens (tertiary/aromatic N) is 2. The summed E-state index contributed by atoms with van der Waals surface area (Å²) in [6.45, 7) is 2.19. The fourth-order valence-corrected chi connectivity index (χ4v) is 5.33. The van der Waals surface area contributed by atoms with Gasteiger partial charge in [-0.15, -0.1) is 0 Å². The largest absolute Gasteiger partial charge is 0.454 e. The van der Waals surface area contributed by atoms with E-state index < -0.39 is 10.0 Å².